The fourth-order valence-electron chi connectivity index (χ4n) is 3.57. The number of carbonyl (C=O) groups is 2. The van der Waals surface area contributed by atoms with Crippen LogP contribution in [0.4, 0.5) is 5.69 Å². The Morgan fingerprint density at radius 2 is 2.19 bits per heavy atom. The van der Waals surface area contributed by atoms with Crippen LogP contribution >= 0.6 is 0 Å². The highest BCUT2D eigenvalue weighted by Gasteiger charge is 2.37. The number of aryl methyl sites for hydroxylation is 1. The Bertz CT molecular complexity index is 552. The Balaban J connectivity index is 1.64. The summed E-state index contributed by atoms with van der Waals surface area (Å²) in [6, 6.07) is 2.20. The molecule has 0 bridgehead atoms. The second kappa shape index (κ2) is 5.52. The monoisotopic (exact) mass is 290 g/mol. The summed E-state index contributed by atoms with van der Waals surface area (Å²) in [5, 5.41) is 2.92. The molecular formula is C15H22N4O2. The standard InChI is InChI=1S/C15H22N4O2/c1-18-9-11(7-13(18)14(16)20)17-15(21)10-6-12-4-2-3-5-19(12)8-10/h7,9-10,12H,2-6,8H2,1H3,(H2,16,20)(H,17,21). The van der Waals surface area contributed by atoms with Crippen LogP contribution < -0.4 is 11.1 Å². The summed E-state index contributed by atoms with van der Waals surface area (Å²) < 4.78 is 1.63. The van der Waals surface area contributed by atoms with E-state index in [2.05, 4.69) is 10.2 Å². The number of anilines is 1. The van der Waals surface area contributed by atoms with Crippen LogP contribution in [0.5, 0.6) is 0 Å². The van der Waals surface area contributed by atoms with Crippen LogP contribution in [0.1, 0.15) is 36.2 Å². The molecule has 2 saturated heterocycles. The van der Waals surface area contributed by atoms with Crippen molar-refractivity contribution in [3.8, 4) is 0 Å². The van der Waals surface area contributed by atoms with Gasteiger partial charge in [0.2, 0.25) is 5.91 Å². The van der Waals surface area contributed by atoms with Gasteiger partial charge < -0.3 is 15.6 Å². The average molecular weight is 290 g/mol. The lowest BCUT2D eigenvalue weighted by atomic mass is 9.99. The summed E-state index contributed by atoms with van der Waals surface area (Å²) in [6.07, 6.45) is 6.39. The van der Waals surface area contributed by atoms with E-state index in [0.29, 0.717) is 17.4 Å². The number of amides is 2. The zero-order valence-electron chi connectivity index (χ0n) is 12.3. The fraction of sp³-hybridized carbons (Fsp3) is 0.600. The highest BCUT2D eigenvalue weighted by atomic mass is 16.2. The van der Waals surface area contributed by atoms with E-state index in [0.717, 1.165) is 19.5 Å². The molecule has 114 valence electrons. The van der Waals surface area contributed by atoms with Gasteiger partial charge in [-0.15, -0.1) is 0 Å². The van der Waals surface area contributed by atoms with E-state index in [1.54, 1.807) is 23.9 Å². The molecule has 2 atom stereocenters. The molecule has 3 heterocycles. The summed E-state index contributed by atoms with van der Waals surface area (Å²) in [5.41, 5.74) is 6.32. The Kier molecular flexibility index (Phi) is 3.71. The number of hydrogen-bond acceptors (Lipinski definition) is 3. The number of nitrogens with zero attached hydrogens (tertiary/aromatic N) is 2. The normalized spacial score (nSPS) is 25.6. The smallest absolute Gasteiger partial charge is 0.265 e. The lowest BCUT2D eigenvalue weighted by molar-refractivity contribution is -0.119. The van der Waals surface area contributed by atoms with Crippen LogP contribution in [0, 0.1) is 5.92 Å². The number of rotatable bonds is 3. The maximum atomic E-state index is 12.4. The molecule has 2 unspecified atom stereocenters. The molecule has 2 amide bonds. The third-order valence-corrected chi connectivity index (χ3v) is 4.66. The molecule has 0 aromatic carbocycles. The van der Waals surface area contributed by atoms with Gasteiger partial charge in [-0.2, -0.15) is 0 Å². The molecule has 3 rings (SSSR count). The van der Waals surface area contributed by atoms with Crippen molar-refractivity contribution in [2.75, 3.05) is 18.4 Å². The Labute approximate surface area is 124 Å². The quantitative estimate of drug-likeness (QED) is 0.869. The first-order chi connectivity index (χ1) is 10.0. The van der Waals surface area contributed by atoms with E-state index in [4.69, 9.17) is 5.73 Å². The molecule has 1 aromatic rings. The first kappa shape index (κ1) is 14.1. The van der Waals surface area contributed by atoms with Crippen molar-refractivity contribution in [3.63, 3.8) is 0 Å². The van der Waals surface area contributed by atoms with E-state index < -0.39 is 5.91 Å². The van der Waals surface area contributed by atoms with Crippen molar-refractivity contribution in [2.45, 2.75) is 31.7 Å². The molecule has 0 saturated carbocycles. The minimum absolute atomic E-state index is 0.0466. The maximum Gasteiger partial charge on any atom is 0.265 e. The molecule has 1 aromatic heterocycles. The highest BCUT2D eigenvalue weighted by molar-refractivity contribution is 5.96. The van der Waals surface area contributed by atoms with Gasteiger partial charge in [0.1, 0.15) is 5.69 Å². The second-order valence-electron chi connectivity index (χ2n) is 6.16. The minimum atomic E-state index is -0.490. The molecule has 3 N–H and O–H groups in total. The molecular weight excluding hydrogens is 268 g/mol. The average Bonchev–Trinajstić information content (AvgIpc) is 3.02. The molecule has 0 aliphatic carbocycles. The zero-order valence-corrected chi connectivity index (χ0v) is 12.3. The van der Waals surface area contributed by atoms with Crippen LogP contribution in [-0.2, 0) is 11.8 Å². The summed E-state index contributed by atoms with van der Waals surface area (Å²) >= 11 is 0. The molecule has 2 fully saturated rings. The lowest BCUT2D eigenvalue weighted by Crippen LogP contribution is -2.34. The number of nitrogens with one attached hydrogen (secondary N) is 1. The van der Waals surface area contributed by atoms with Crippen LogP contribution in [0.25, 0.3) is 0 Å². The Morgan fingerprint density at radius 3 is 2.86 bits per heavy atom. The van der Waals surface area contributed by atoms with Gasteiger partial charge >= 0.3 is 0 Å². The van der Waals surface area contributed by atoms with Gasteiger partial charge in [-0.05, 0) is 31.9 Å². The van der Waals surface area contributed by atoms with Crippen molar-refractivity contribution in [1.29, 1.82) is 0 Å². The zero-order chi connectivity index (χ0) is 15.0. The van der Waals surface area contributed by atoms with Crippen molar-refractivity contribution >= 4 is 17.5 Å². The van der Waals surface area contributed by atoms with Crippen molar-refractivity contribution in [1.82, 2.24) is 9.47 Å². The predicted octanol–water partition coefficient (Wildman–Crippen LogP) is 0.937. The number of hydrogen-bond donors (Lipinski definition) is 2. The number of piperidine rings is 1. The van der Waals surface area contributed by atoms with Crippen LogP contribution in [0.2, 0.25) is 0 Å². The van der Waals surface area contributed by atoms with Crippen molar-refractivity contribution in [3.05, 3.63) is 18.0 Å². The van der Waals surface area contributed by atoms with Gasteiger partial charge in [-0.3, -0.25) is 14.5 Å². The number of carbonyl (C=O) groups excluding carboxylic acids is 2. The molecule has 2 aliphatic rings. The SMILES string of the molecule is Cn1cc(NC(=O)C2CC3CCCCN3C2)cc1C(N)=O. The van der Waals surface area contributed by atoms with Crippen molar-refractivity contribution < 1.29 is 9.59 Å². The molecule has 0 radical (unpaired) electrons. The van der Waals surface area contributed by atoms with Crippen LogP contribution in [0.15, 0.2) is 12.3 Å². The van der Waals surface area contributed by atoms with E-state index in [1.165, 1.54) is 19.3 Å². The Morgan fingerprint density at radius 1 is 1.38 bits per heavy atom. The van der Waals surface area contributed by atoms with Crippen molar-refractivity contribution in [2.24, 2.45) is 18.7 Å². The topological polar surface area (TPSA) is 80.4 Å². The summed E-state index contributed by atoms with van der Waals surface area (Å²) in [7, 11) is 1.74. The van der Waals surface area contributed by atoms with Crippen LogP contribution in [0.3, 0.4) is 0 Å². The van der Waals surface area contributed by atoms with Gasteiger partial charge in [0.15, 0.2) is 0 Å². The maximum absolute atomic E-state index is 12.4. The van der Waals surface area contributed by atoms with Gasteiger partial charge in [-0.25, -0.2) is 0 Å². The van der Waals surface area contributed by atoms with Gasteiger partial charge in [0, 0.05) is 25.8 Å². The first-order valence-corrected chi connectivity index (χ1v) is 7.55. The second-order valence-corrected chi connectivity index (χ2v) is 6.16. The first-order valence-electron chi connectivity index (χ1n) is 7.55. The summed E-state index contributed by atoms with van der Waals surface area (Å²) in [4.78, 5) is 26.1. The molecule has 2 aliphatic heterocycles. The number of primary amides is 1. The van der Waals surface area contributed by atoms with Gasteiger partial charge in [0.25, 0.3) is 5.91 Å². The highest BCUT2D eigenvalue weighted by Crippen LogP contribution is 2.31. The lowest BCUT2D eigenvalue weighted by Gasteiger charge is -2.28. The van der Waals surface area contributed by atoms with Gasteiger partial charge in [-0.1, -0.05) is 6.42 Å². The fourth-order valence-corrected chi connectivity index (χ4v) is 3.57. The molecule has 0 spiro atoms. The molecule has 6 heteroatoms. The van der Waals surface area contributed by atoms with E-state index >= 15 is 0 Å². The minimum Gasteiger partial charge on any atom is -0.364 e. The number of fused-ring (bicyclic) bond motifs is 1. The number of nitrogens with two attached hydrogens (primary N) is 1. The summed E-state index contributed by atoms with van der Waals surface area (Å²) in [6.45, 7) is 1.97. The van der Waals surface area contributed by atoms with E-state index in [1.807, 2.05) is 0 Å². The third kappa shape index (κ3) is 2.81. The predicted molar refractivity (Wildman–Crippen MR) is 79.9 cm³/mol. The van der Waals surface area contributed by atoms with Crippen LogP contribution in [-0.4, -0.2) is 40.4 Å². The van der Waals surface area contributed by atoms with Gasteiger partial charge in [0.05, 0.1) is 11.6 Å². The third-order valence-electron chi connectivity index (χ3n) is 4.66. The molecule has 21 heavy (non-hydrogen) atoms. The Hall–Kier alpha value is -1.82. The van der Waals surface area contributed by atoms with E-state index in [-0.39, 0.29) is 11.8 Å². The summed E-state index contributed by atoms with van der Waals surface area (Å²) in [5.74, 6) is -0.396. The molecule has 6 nitrogen and oxygen atoms in total. The number of aromatic nitrogens is 1. The largest absolute Gasteiger partial charge is 0.364 e. The van der Waals surface area contributed by atoms with E-state index in [9.17, 15) is 9.59 Å².